The van der Waals surface area contributed by atoms with E-state index in [0.29, 0.717) is 30.3 Å². The lowest BCUT2D eigenvalue weighted by Crippen LogP contribution is -2.09. The average molecular weight is 330 g/mol. The van der Waals surface area contributed by atoms with Gasteiger partial charge in [-0.3, -0.25) is 4.79 Å². The summed E-state index contributed by atoms with van der Waals surface area (Å²) in [5, 5.41) is 0. The second kappa shape index (κ2) is 8.82. The van der Waals surface area contributed by atoms with E-state index < -0.39 is 0 Å². The van der Waals surface area contributed by atoms with Crippen LogP contribution in [0.1, 0.15) is 18.9 Å². The predicted molar refractivity (Wildman–Crippen MR) is 91.1 cm³/mol. The second-order valence-corrected chi connectivity index (χ2v) is 5.07. The van der Waals surface area contributed by atoms with Gasteiger partial charge in [0.15, 0.2) is 11.5 Å². The lowest BCUT2D eigenvalue weighted by molar-refractivity contribution is -0.134. The monoisotopic (exact) mass is 330 g/mol. The zero-order valence-electron chi connectivity index (χ0n) is 14.2. The Labute approximate surface area is 142 Å². The molecule has 0 N–H and O–H groups in total. The predicted octanol–water partition coefficient (Wildman–Crippen LogP) is 3.64. The molecule has 0 aromatic heterocycles. The third kappa shape index (κ3) is 4.91. The van der Waals surface area contributed by atoms with Crippen LogP contribution in [-0.4, -0.2) is 26.8 Å². The highest BCUT2D eigenvalue weighted by Gasteiger charge is 2.09. The molecule has 0 spiro atoms. The van der Waals surface area contributed by atoms with E-state index >= 15 is 0 Å². The molecule has 0 unspecified atom stereocenters. The fourth-order valence-corrected chi connectivity index (χ4v) is 2.21. The summed E-state index contributed by atoms with van der Waals surface area (Å²) in [5.74, 6) is 2.30. The molecule has 0 radical (unpaired) electrons. The molecule has 0 heterocycles. The van der Waals surface area contributed by atoms with Crippen molar-refractivity contribution < 1.29 is 23.7 Å². The van der Waals surface area contributed by atoms with Crippen molar-refractivity contribution in [3.8, 4) is 23.0 Å². The molecular formula is C19H22O5. The molecule has 0 saturated heterocycles. The van der Waals surface area contributed by atoms with Crippen molar-refractivity contribution in [2.75, 3.05) is 20.8 Å². The number of benzene rings is 2. The van der Waals surface area contributed by atoms with Crippen LogP contribution in [0.15, 0.2) is 42.5 Å². The van der Waals surface area contributed by atoms with E-state index in [2.05, 4.69) is 0 Å². The van der Waals surface area contributed by atoms with E-state index in [-0.39, 0.29) is 12.4 Å². The lowest BCUT2D eigenvalue weighted by atomic mass is 10.1. The number of ether oxygens (including phenoxy) is 4. The molecule has 24 heavy (non-hydrogen) atoms. The van der Waals surface area contributed by atoms with Crippen LogP contribution in [0.2, 0.25) is 0 Å². The highest BCUT2D eigenvalue weighted by molar-refractivity contribution is 5.72. The maximum absolute atomic E-state index is 12.0. The van der Waals surface area contributed by atoms with Crippen LogP contribution in [0.4, 0.5) is 0 Å². The molecule has 2 rings (SSSR count). The Morgan fingerprint density at radius 3 is 2.25 bits per heavy atom. The molecule has 128 valence electrons. The molecule has 5 nitrogen and oxygen atoms in total. The average Bonchev–Trinajstić information content (AvgIpc) is 2.61. The Morgan fingerprint density at radius 1 is 0.917 bits per heavy atom. The molecule has 0 bridgehead atoms. The first-order chi connectivity index (χ1) is 11.7. The van der Waals surface area contributed by atoms with Gasteiger partial charge < -0.3 is 18.9 Å². The number of carbonyl (C=O) groups excluding carboxylic acids is 1. The summed E-state index contributed by atoms with van der Waals surface area (Å²) >= 11 is 0. The van der Waals surface area contributed by atoms with Gasteiger partial charge >= 0.3 is 5.97 Å². The Hall–Kier alpha value is -2.69. The highest BCUT2D eigenvalue weighted by atomic mass is 16.5. The normalized spacial score (nSPS) is 10.1. The Bertz CT molecular complexity index is 664. The number of aryl methyl sites for hydroxylation is 1. The highest BCUT2D eigenvalue weighted by Crippen LogP contribution is 2.28. The summed E-state index contributed by atoms with van der Waals surface area (Å²) in [6, 6.07) is 12.6. The van der Waals surface area contributed by atoms with E-state index in [0.717, 1.165) is 11.3 Å². The second-order valence-electron chi connectivity index (χ2n) is 5.07. The Kier molecular flexibility index (Phi) is 6.49. The summed E-state index contributed by atoms with van der Waals surface area (Å²) in [4.78, 5) is 12.0. The van der Waals surface area contributed by atoms with E-state index in [9.17, 15) is 4.79 Å². The van der Waals surface area contributed by atoms with Gasteiger partial charge in [-0.05, 0) is 55.3 Å². The van der Waals surface area contributed by atoms with E-state index in [4.69, 9.17) is 18.9 Å². The van der Waals surface area contributed by atoms with Crippen molar-refractivity contribution in [3.05, 3.63) is 48.0 Å². The molecule has 0 fully saturated rings. The van der Waals surface area contributed by atoms with E-state index in [1.54, 1.807) is 38.5 Å². The standard InChI is InChI=1S/C19H22O5/c1-4-23-17-11-5-14(13-18(17)22-3)6-12-19(20)24-16-9-7-15(21-2)8-10-16/h5,7-11,13H,4,6,12H2,1-3H3. The van der Waals surface area contributed by atoms with E-state index in [1.165, 1.54) is 0 Å². The van der Waals surface area contributed by atoms with Crippen molar-refractivity contribution in [2.45, 2.75) is 19.8 Å². The lowest BCUT2D eigenvalue weighted by Gasteiger charge is -2.11. The number of esters is 1. The smallest absolute Gasteiger partial charge is 0.311 e. The molecule has 5 heteroatoms. The molecule has 0 atom stereocenters. The molecular weight excluding hydrogens is 308 g/mol. The molecule has 2 aromatic rings. The van der Waals surface area contributed by atoms with Crippen LogP contribution >= 0.6 is 0 Å². The Balaban J connectivity index is 1.90. The topological polar surface area (TPSA) is 54.0 Å². The first-order valence-electron chi connectivity index (χ1n) is 7.80. The first kappa shape index (κ1) is 17.7. The van der Waals surface area contributed by atoms with Gasteiger partial charge in [0.1, 0.15) is 11.5 Å². The molecule has 2 aromatic carbocycles. The minimum absolute atomic E-state index is 0.281. The summed E-state index contributed by atoms with van der Waals surface area (Å²) in [6.45, 7) is 2.49. The summed E-state index contributed by atoms with van der Waals surface area (Å²) in [5.41, 5.74) is 0.988. The van der Waals surface area contributed by atoms with Gasteiger partial charge in [-0.1, -0.05) is 6.07 Å². The van der Waals surface area contributed by atoms with Gasteiger partial charge in [0.2, 0.25) is 0 Å². The van der Waals surface area contributed by atoms with Gasteiger partial charge in [-0.25, -0.2) is 0 Å². The third-order valence-corrected chi connectivity index (χ3v) is 3.44. The van der Waals surface area contributed by atoms with Crippen LogP contribution in [0.3, 0.4) is 0 Å². The maximum Gasteiger partial charge on any atom is 0.311 e. The van der Waals surface area contributed by atoms with Crippen molar-refractivity contribution in [3.63, 3.8) is 0 Å². The molecule has 0 saturated carbocycles. The quantitative estimate of drug-likeness (QED) is 0.546. The first-order valence-corrected chi connectivity index (χ1v) is 7.80. The van der Waals surface area contributed by atoms with Crippen molar-refractivity contribution in [1.82, 2.24) is 0 Å². The van der Waals surface area contributed by atoms with Gasteiger partial charge in [0, 0.05) is 6.42 Å². The largest absolute Gasteiger partial charge is 0.497 e. The number of hydrogen-bond donors (Lipinski definition) is 0. The van der Waals surface area contributed by atoms with Crippen molar-refractivity contribution in [2.24, 2.45) is 0 Å². The fraction of sp³-hybridized carbons (Fsp3) is 0.316. The van der Waals surface area contributed by atoms with Crippen molar-refractivity contribution in [1.29, 1.82) is 0 Å². The Morgan fingerprint density at radius 2 is 1.62 bits per heavy atom. The van der Waals surface area contributed by atoms with Gasteiger partial charge in [-0.2, -0.15) is 0 Å². The fourth-order valence-electron chi connectivity index (χ4n) is 2.21. The number of methoxy groups -OCH3 is 2. The van der Waals surface area contributed by atoms with Gasteiger partial charge in [0.05, 0.1) is 20.8 Å². The van der Waals surface area contributed by atoms with Crippen molar-refractivity contribution >= 4 is 5.97 Å². The van der Waals surface area contributed by atoms with Crippen LogP contribution in [0, 0.1) is 0 Å². The van der Waals surface area contributed by atoms with Crippen LogP contribution in [0.25, 0.3) is 0 Å². The SMILES string of the molecule is CCOc1ccc(CCC(=O)Oc2ccc(OC)cc2)cc1OC. The summed E-state index contributed by atoms with van der Waals surface area (Å²) in [6.07, 6.45) is 0.848. The third-order valence-electron chi connectivity index (χ3n) is 3.44. The maximum atomic E-state index is 12.0. The number of hydrogen-bond acceptors (Lipinski definition) is 5. The number of carbonyl (C=O) groups is 1. The minimum atomic E-state index is -0.284. The van der Waals surface area contributed by atoms with Crippen LogP contribution < -0.4 is 18.9 Å². The molecule has 0 aliphatic heterocycles. The van der Waals surface area contributed by atoms with E-state index in [1.807, 2.05) is 25.1 Å². The number of rotatable bonds is 8. The minimum Gasteiger partial charge on any atom is -0.497 e. The van der Waals surface area contributed by atoms with Gasteiger partial charge in [-0.15, -0.1) is 0 Å². The zero-order valence-corrected chi connectivity index (χ0v) is 14.2. The molecule has 0 aliphatic rings. The summed E-state index contributed by atoms with van der Waals surface area (Å²) in [7, 11) is 3.19. The van der Waals surface area contributed by atoms with Gasteiger partial charge in [0.25, 0.3) is 0 Å². The van der Waals surface area contributed by atoms with Crippen LogP contribution in [-0.2, 0) is 11.2 Å². The zero-order chi connectivity index (χ0) is 17.4. The molecule has 0 amide bonds. The summed E-state index contributed by atoms with van der Waals surface area (Å²) < 4.78 is 21.2. The molecule has 0 aliphatic carbocycles. The van der Waals surface area contributed by atoms with Crippen LogP contribution in [0.5, 0.6) is 23.0 Å².